The van der Waals surface area contributed by atoms with Crippen molar-refractivity contribution in [2.24, 2.45) is 0 Å². The summed E-state index contributed by atoms with van der Waals surface area (Å²) in [5.74, 6) is 0.547. The second-order valence-corrected chi connectivity index (χ2v) is 3.08. The summed E-state index contributed by atoms with van der Waals surface area (Å²) in [5, 5.41) is 0. The molecule has 1 aromatic heterocycles. The van der Waals surface area contributed by atoms with E-state index < -0.39 is 0 Å². The largest absolute Gasteiger partial charge is 0.335 e. The number of nitrogens with zero attached hydrogens (tertiary/aromatic N) is 1. The second-order valence-electron chi connectivity index (χ2n) is 3.08. The first-order valence-electron chi connectivity index (χ1n) is 4.58. The van der Waals surface area contributed by atoms with Crippen LogP contribution in [0.5, 0.6) is 0 Å². The Morgan fingerprint density at radius 2 is 2.07 bits per heavy atom. The molecule has 0 saturated carbocycles. The van der Waals surface area contributed by atoms with Gasteiger partial charge in [-0.3, -0.25) is 4.79 Å². The summed E-state index contributed by atoms with van der Waals surface area (Å²) in [6.07, 6.45) is 2.79. The first-order chi connectivity index (χ1) is 7.31. The van der Waals surface area contributed by atoms with Crippen LogP contribution in [0.4, 0.5) is 0 Å². The molecule has 0 aliphatic heterocycles. The molecule has 0 atom stereocenters. The van der Waals surface area contributed by atoms with Crippen molar-refractivity contribution in [3.63, 3.8) is 0 Å². The average molecular weight is 198 g/mol. The van der Waals surface area contributed by atoms with Gasteiger partial charge >= 0.3 is 0 Å². The maximum Gasteiger partial charge on any atom is 0.203 e. The molecule has 0 unspecified atom stereocenters. The molecule has 0 aliphatic carbocycles. The van der Waals surface area contributed by atoms with Crippen molar-refractivity contribution in [1.82, 2.24) is 9.97 Å². The zero-order valence-corrected chi connectivity index (χ0v) is 8.10. The van der Waals surface area contributed by atoms with Crippen LogP contribution < -0.4 is 0 Å². The molecule has 0 spiro atoms. The van der Waals surface area contributed by atoms with Gasteiger partial charge in [-0.25, -0.2) is 4.98 Å². The average Bonchev–Trinajstić information content (AvgIpc) is 2.78. The third-order valence-corrected chi connectivity index (χ3v) is 2.07. The Bertz CT molecular complexity index is 485. The molecule has 2 rings (SSSR count). The van der Waals surface area contributed by atoms with E-state index in [2.05, 4.69) is 16.5 Å². The quantitative estimate of drug-likeness (QED) is 0.608. The van der Waals surface area contributed by atoms with Crippen LogP contribution in [-0.2, 0) is 0 Å². The summed E-state index contributed by atoms with van der Waals surface area (Å²) in [7, 11) is 0. The molecule has 3 nitrogen and oxygen atoms in total. The van der Waals surface area contributed by atoms with Crippen molar-refractivity contribution in [1.29, 1.82) is 0 Å². The third-order valence-electron chi connectivity index (χ3n) is 2.07. The van der Waals surface area contributed by atoms with Crippen LogP contribution >= 0.6 is 0 Å². The van der Waals surface area contributed by atoms with Gasteiger partial charge in [0.1, 0.15) is 11.5 Å². The Hall–Kier alpha value is -2.16. The second kappa shape index (κ2) is 3.92. The first kappa shape index (κ1) is 9.40. The van der Waals surface area contributed by atoms with Gasteiger partial charge in [-0.15, -0.1) is 0 Å². The van der Waals surface area contributed by atoms with Crippen molar-refractivity contribution >= 4 is 5.78 Å². The van der Waals surface area contributed by atoms with Crippen LogP contribution in [0.3, 0.4) is 0 Å². The minimum atomic E-state index is -0.148. The van der Waals surface area contributed by atoms with E-state index in [-0.39, 0.29) is 5.78 Å². The molecule has 0 radical (unpaired) electrons. The number of H-pyrrole nitrogens is 1. The lowest BCUT2D eigenvalue weighted by atomic mass is 10.2. The maximum atomic E-state index is 11.3. The number of aromatic amines is 1. The summed E-state index contributed by atoms with van der Waals surface area (Å²) in [6.45, 7) is 3.42. The lowest BCUT2D eigenvalue weighted by molar-refractivity contribution is 0.104. The van der Waals surface area contributed by atoms with Crippen molar-refractivity contribution in [3.05, 3.63) is 54.9 Å². The minimum Gasteiger partial charge on any atom is -0.335 e. The molecule has 0 fully saturated rings. The monoisotopic (exact) mass is 198 g/mol. The SMILES string of the molecule is C=CC(=O)c1cnc(-c2ccccc2)[nH]1. The fraction of sp³-hybridized carbons (Fsp3) is 0. The van der Waals surface area contributed by atoms with E-state index in [4.69, 9.17) is 0 Å². The number of rotatable bonds is 3. The van der Waals surface area contributed by atoms with E-state index in [0.29, 0.717) is 11.5 Å². The van der Waals surface area contributed by atoms with E-state index in [1.807, 2.05) is 30.3 Å². The Morgan fingerprint density at radius 3 is 2.73 bits per heavy atom. The fourth-order valence-corrected chi connectivity index (χ4v) is 1.30. The number of carbonyl (C=O) groups is 1. The van der Waals surface area contributed by atoms with Crippen molar-refractivity contribution in [2.45, 2.75) is 0 Å². The summed E-state index contributed by atoms with van der Waals surface area (Å²) in [5.41, 5.74) is 1.42. The lowest BCUT2D eigenvalue weighted by Gasteiger charge is -1.94. The van der Waals surface area contributed by atoms with E-state index in [1.165, 1.54) is 12.3 Å². The topological polar surface area (TPSA) is 45.8 Å². The predicted molar refractivity (Wildman–Crippen MR) is 58.6 cm³/mol. The van der Waals surface area contributed by atoms with E-state index >= 15 is 0 Å². The summed E-state index contributed by atoms with van der Waals surface area (Å²) < 4.78 is 0. The van der Waals surface area contributed by atoms with Gasteiger partial charge < -0.3 is 4.98 Å². The highest BCUT2D eigenvalue weighted by molar-refractivity contribution is 6.02. The number of allylic oxidation sites excluding steroid dienone is 1. The molecular formula is C12H10N2O. The first-order valence-corrected chi connectivity index (χ1v) is 4.58. The number of aromatic nitrogens is 2. The molecule has 0 aliphatic rings. The Kier molecular flexibility index (Phi) is 2.46. The molecule has 15 heavy (non-hydrogen) atoms. The highest BCUT2D eigenvalue weighted by Crippen LogP contribution is 2.14. The Morgan fingerprint density at radius 1 is 1.33 bits per heavy atom. The lowest BCUT2D eigenvalue weighted by Crippen LogP contribution is -1.93. The Balaban J connectivity index is 2.36. The minimum absolute atomic E-state index is 0.148. The normalized spacial score (nSPS) is 9.87. The summed E-state index contributed by atoms with van der Waals surface area (Å²) >= 11 is 0. The van der Waals surface area contributed by atoms with Crippen molar-refractivity contribution in [2.75, 3.05) is 0 Å². The molecule has 3 heteroatoms. The molecule has 1 aromatic carbocycles. The highest BCUT2D eigenvalue weighted by Gasteiger charge is 2.06. The van der Waals surface area contributed by atoms with Crippen LogP contribution in [0.1, 0.15) is 10.5 Å². The number of nitrogens with one attached hydrogen (secondary N) is 1. The molecule has 1 N–H and O–H groups in total. The van der Waals surface area contributed by atoms with Crippen molar-refractivity contribution < 1.29 is 4.79 Å². The highest BCUT2D eigenvalue weighted by atomic mass is 16.1. The van der Waals surface area contributed by atoms with E-state index in [9.17, 15) is 4.79 Å². The van der Waals surface area contributed by atoms with Gasteiger partial charge in [0.05, 0.1) is 6.20 Å². The van der Waals surface area contributed by atoms with Crippen LogP contribution in [0, 0.1) is 0 Å². The molecule has 0 saturated heterocycles. The number of ketones is 1. The van der Waals surface area contributed by atoms with Gasteiger partial charge in [-0.1, -0.05) is 36.9 Å². The summed E-state index contributed by atoms with van der Waals surface area (Å²) in [6, 6.07) is 9.64. The molecule has 0 bridgehead atoms. The number of benzene rings is 1. The smallest absolute Gasteiger partial charge is 0.203 e. The third kappa shape index (κ3) is 1.86. The zero-order chi connectivity index (χ0) is 10.7. The molecular weight excluding hydrogens is 188 g/mol. The van der Waals surface area contributed by atoms with Gasteiger partial charge in [0.2, 0.25) is 5.78 Å². The number of hydrogen-bond donors (Lipinski definition) is 1. The molecule has 1 heterocycles. The van der Waals surface area contributed by atoms with Gasteiger partial charge in [0, 0.05) is 5.56 Å². The number of carbonyl (C=O) groups excluding carboxylic acids is 1. The number of imidazole rings is 1. The summed E-state index contributed by atoms with van der Waals surface area (Å²) in [4.78, 5) is 18.3. The van der Waals surface area contributed by atoms with Crippen LogP contribution in [-0.4, -0.2) is 15.8 Å². The van der Waals surface area contributed by atoms with Crippen molar-refractivity contribution in [3.8, 4) is 11.4 Å². The maximum absolute atomic E-state index is 11.3. The standard InChI is InChI=1S/C12H10N2O/c1-2-11(15)10-8-13-12(14-10)9-6-4-3-5-7-9/h2-8H,1H2,(H,13,14). The van der Waals surface area contributed by atoms with E-state index in [0.717, 1.165) is 5.56 Å². The number of hydrogen-bond acceptors (Lipinski definition) is 2. The fourth-order valence-electron chi connectivity index (χ4n) is 1.30. The predicted octanol–water partition coefficient (Wildman–Crippen LogP) is 2.45. The zero-order valence-electron chi connectivity index (χ0n) is 8.10. The molecule has 0 amide bonds. The van der Waals surface area contributed by atoms with Gasteiger partial charge in [0.15, 0.2) is 0 Å². The van der Waals surface area contributed by atoms with Gasteiger partial charge in [-0.05, 0) is 6.08 Å². The molecule has 74 valence electrons. The van der Waals surface area contributed by atoms with Crippen LogP contribution in [0.15, 0.2) is 49.2 Å². The van der Waals surface area contributed by atoms with Crippen LogP contribution in [0.25, 0.3) is 11.4 Å². The molecule has 2 aromatic rings. The van der Waals surface area contributed by atoms with Gasteiger partial charge in [-0.2, -0.15) is 0 Å². The van der Waals surface area contributed by atoms with E-state index in [1.54, 1.807) is 0 Å². The van der Waals surface area contributed by atoms with Crippen LogP contribution in [0.2, 0.25) is 0 Å². The Labute approximate surface area is 87.5 Å². The van der Waals surface area contributed by atoms with Gasteiger partial charge in [0.25, 0.3) is 0 Å².